The van der Waals surface area contributed by atoms with Crippen molar-refractivity contribution in [2.24, 2.45) is 5.92 Å². The second kappa shape index (κ2) is 9.59. The van der Waals surface area contributed by atoms with Crippen LogP contribution in [0.4, 0.5) is 11.4 Å². The third kappa shape index (κ3) is 5.72. The third-order valence-corrected chi connectivity index (χ3v) is 4.21. The lowest BCUT2D eigenvalue weighted by atomic mass is 10.1. The maximum absolute atomic E-state index is 12.8. The summed E-state index contributed by atoms with van der Waals surface area (Å²) in [5, 5.41) is 5.59. The maximum Gasteiger partial charge on any atom is 0.291 e. The van der Waals surface area contributed by atoms with Crippen molar-refractivity contribution in [3.63, 3.8) is 0 Å². The van der Waals surface area contributed by atoms with Crippen molar-refractivity contribution in [1.29, 1.82) is 0 Å². The van der Waals surface area contributed by atoms with Crippen LogP contribution < -0.4 is 15.4 Å². The van der Waals surface area contributed by atoms with Crippen molar-refractivity contribution in [1.82, 2.24) is 0 Å². The van der Waals surface area contributed by atoms with Gasteiger partial charge in [-0.05, 0) is 54.8 Å². The fraction of sp³-hybridized carbons (Fsp3) is 0.217. The summed E-state index contributed by atoms with van der Waals surface area (Å²) in [5.41, 5.74) is 1.57. The van der Waals surface area contributed by atoms with Crippen molar-refractivity contribution >= 4 is 23.2 Å². The zero-order chi connectivity index (χ0) is 20.6. The Labute approximate surface area is 169 Å². The topological polar surface area (TPSA) is 80.6 Å². The van der Waals surface area contributed by atoms with Crippen LogP contribution in [-0.4, -0.2) is 18.4 Å². The average molecular weight is 392 g/mol. The number of ether oxygens (including phenoxy) is 1. The second-order valence-electron chi connectivity index (χ2n) is 6.99. The van der Waals surface area contributed by atoms with E-state index in [1.54, 1.807) is 54.6 Å². The van der Waals surface area contributed by atoms with Gasteiger partial charge in [0.05, 0.1) is 18.4 Å². The molecule has 3 rings (SSSR count). The number of para-hydroxylation sites is 1. The number of anilines is 2. The fourth-order valence-electron chi connectivity index (χ4n) is 2.66. The normalized spacial score (nSPS) is 10.6. The lowest BCUT2D eigenvalue weighted by Gasteiger charge is -2.13. The summed E-state index contributed by atoms with van der Waals surface area (Å²) in [6.07, 6.45) is 2.35. The van der Waals surface area contributed by atoms with Crippen molar-refractivity contribution in [2.75, 3.05) is 17.2 Å². The predicted molar refractivity (Wildman–Crippen MR) is 112 cm³/mol. The first-order valence-corrected chi connectivity index (χ1v) is 9.51. The molecule has 6 heteroatoms. The van der Waals surface area contributed by atoms with E-state index in [4.69, 9.17) is 9.15 Å². The number of furan rings is 1. The lowest BCUT2D eigenvalue weighted by Crippen LogP contribution is -2.15. The molecule has 0 aliphatic rings. The molecule has 3 aromatic rings. The van der Waals surface area contributed by atoms with Gasteiger partial charge in [0.25, 0.3) is 11.8 Å². The minimum Gasteiger partial charge on any atom is -0.493 e. The standard InChI is InChI=1S/C23H24N2O4/c1-16(2)12-14-29-20-10-4-3-9-19(20)22(26)24-17-7-5-8-18(15-17)25-23(27)21-11-6-13-28-21/h3-11,13,15-16H,12,14H2,1-2H3,(H,24,26)(H,25,27). The van der Waals surface area contributed by atoms with Gasteiger partial charge in [0.15, 0.2) is 5.76 Å². The molecule has 0 fully saturated rings. The second-order valence-corrected chi connectivity index (χ2v) is 6.99. The van der Waals surface area contributed by atoms with E-state index in [-0.39, 0.29) is 17.6 Å². The van der Waals surface area contributed by atoms with Crippen LogP contribution in [0.2, 0.25) is 0 Å². The Morgan fingerprint density at radius 2 is 1.66 bits per heavy atom. The molecular formula is C23H24N2O4. The summed E-state index contributed by atoms with van der Waals surface area (Å²) in [6.45, 7) is 4.80. The molecule has 0 saturated heterocycles. The number of hydrogen-bond donors (Lipinski definition) is 2. The zero-order valence-corrected chi connectivity index (χ0v) is 16.5. The van der Waals surface area contributed by atoms with Gasteiger partial charge in [0.2, 0.25) is 0 Å². The van der Waals surface area contributed by atoms with Gasteiger partial charge in [0, 0.05) is 11.4 Å². The Kier molecular flexibility index (Phi) is 6.68. The zero-order valence-electron chi connectivity index (χ0n) is 16.5. The number of benzene rings is 2. The monoisotopic (exact) mass is 392 g/mol. The van der Waals surface area contributed by atoms with Gasteiger partial charge in [-0.15, -0.1) is 0 Å². The quantitative estimate of drug-likeness (QED) is 0.551. The van der Waals surface area contributed by atoms with Gasteiger partial charge >= 0.3 is 0 Å². The SMILES string of the molecule is CC(C)CCOc1ccccc1C(=O)Nc1cccc(NC(=O)c2ccco2)c1. The maximum atomic E-state index is 12.8. The average Bonchev–Trinajstić information content (AvgIpc) is 3.23. The number of amides is 2. The minimum absolute atomic E-state index is 0.215. The number of nitrogens with one attached hydrogen (secondary N) is 2. The summed E-state index contributed by atoms with van der Waals surface area (Å²) < 4.78 is 10.9. The van der Waals surface area contributed by atoms with Crippen LogP contribution in [0.5, 0.6) is 5.75 Å². The van der Waals surface area contributed by atoms with Gasteiger partial charge in [-0.3, -0.25) is 9.59 Å². The van der Waals surface area contributed by atoms with Gasteiger partial charge in [0.1, 0.15) is 5.75 Å². The molecule has 2 amide bonds. The van der Waals surface area contributed by atoms with Crippen LogP contribution in [0.25, 0.3) is 0 Å². The van der Waals surface area contributed by atoms with Crippen molar-refractivity contribution < 1.29 is 18.7 Å². The van der Waals surface area contributed by atoms with Crippen LogP contribution >= 0.6 is 0 Å². The Bertz CT molecular complexity index is 965. The molecule has 2 N–H and O–H groups in total. The lowest BCUT2D eigenvalue weighted by molar-refractivity contribution is 0.0994. The van der Waals surface area contributed by atoms with Crippen molar-refractivity contribution in [3.05, 3.63) is 78.3 Å². The summed E-state index contributed by atoms with van der Waals surface area (Å²) >= 11 is 0. The number of hydrogen-bond acceptors (Lipinski definition) is 4. The largest absolute Gasteiger partial charge is 0.493 e. The summed E-state index contributed by atoms with van der Waals surface area (Å²) in [4.78, 5) is 24.9. The molecule has 0 aliphatic heterocycles. The van der Waals surface area contributed by atoms with Crippen LogP contribution in [0.3, 0.4) is 0 Å². The molecule has 0 aliphatic carbocycles. The van der Waals surface area contributed by atoms with Crippen molar-refractivity contribution in [3.8, 4) is 5.75 Å². The van der Waals surface area contributed by atoms with E-state index in [0.717, 1.165) is 6.42 Å². The highest BCUT2D eigenvalue weighted by Gasteiger charge is 2.14. The number of carbonyl (C=O) groups is 2. The number of carbonyl (C=O) groups excluding carboxylic acids is 2. The minimum atomic E-state index is -0.359. The molecule has 0 spiro atoms. The van der Waals surface area contributed by atoms with Gasteiger partial charge < -0.3 is 19.8 Å². The first kappa shape index (κ1) is 20.2. The van der Waals surface area contributed by atoms with E-state index in [1.165, 1.54) is 6.26 Å². The highest BCUT2D eigenvalue weighted by atomic mass is 16.5. The van der Waals surface area contributed by atoms with E-state index in [1.807, 2.05) is 6.07 Å². The highest BCUT2D eigenvalue weighted by molar-refractivity contribution is 6.07. The Hall–Kier alpha value is -3.54. The van der Waals surface area contributed by atoms with E-state index in [2.05, 4.69) is 24.5 Å². The third-order valence-electron chi connectivity index (χ3n) is 4.21. The Morgan fingerprint density at radius 3 is 2.34 bits per heavy atom. The summed E-state index contributed by atoms with van der Waals surface area (Å²) in [7, 11) is 0. The predicted octanol–water partition coefficient (Wildman–Crippen LogP) is 5.21. The molecule has 0 saturated carbocycles. The van der Waals surface area contributed by atoms with Gasteiger partial charge in [-0.1, -0.05) is 32.0 Å². The molecule has 1 heterocycles. The van der Waals surface area contributed by atoms with Crippen LogP contribution in [0, 0.1) is 5.92 Å². The Balaban J connectivity index is 1.67. The number of rotatable bonds is 8. The van der Waals surface area contributed by atoms with Gasteiger partial charge in [-0.2, -0.15) is 0 Å². The van der Waals surface area contributed by atoms with Crippen LogP contribution in [0.15, 0.2) is 71.3 Å². The van der Waals surface area contributed by atoms with E-state index >= 15 is 0 Å². The molecule has 0 unspecified atom stereocenters. The summed E-state index contributed by atoms with van der Waals surface area (Å²) in [5.74, 6) is 0.650. The molecule has 0 bridgehead atoms. The molecule has 2 aromatic carbocycles. The van der Waals surface area contributed by atoms with Crippen LogP contribution in [0.1, 0.15) is 41.2 Å². The smallest absolute Gasteiger partial charge is 0.291 e. The van der Waals surface area contributed by atoms with Crippen LogP contribution in [-0.2, 0) is 0 Å². The van der Waals surface area contributed by atoms with E-state index < -0.39 is 0 Å². The molecular weight excluding hydrogens is 368 g/mol. The van der Waals surface area contributed by atoms with E-state index in [9.17, 15) is 9.59 Å². The highest BCUT2D eigenvalue weighted by Crippen LogP contribution is 2.22. The van der Waals surface area contributed by atoms with Gasteiger partial charge in [-0.25, -0.2) is 0 Å². The molecule has 0 atom stereocenters. The molecule has 0 radical (unpaired) electrons. The summed E-state index contributed by atoms with van der Waals surface area (Å²) in [6, 6.07) is 17.3. The van der Waals surface area contributed by atoms with E-state index in [0.29, 0.717) is 35.2 Å². The fourth-order valence-corrected chi connectivity index (χ4v) is 2.66. The molecule has 1 aromatic heterocycles. The Morgan fingerprint density at radius 1 is 0.931 bits per heavy atom. The molecule has 150 valence electrons. The van der Waals surface area contributed by atoms with Crippen molar-refractivity contribution in [2.45, 2.75) is 20.3 Å². The molecule has 29 heavy (non-hydrogen) atoms. The first-order valence-electron chi connectivity index (χ1n) is 9.51. The first-order chi connectivity index (χ1) is 14.0. The molecule has 6 nitrogen and oxygen atoms in total.